The van der Waals surface area contributed by atoms with Crippen molar-refractivity contribution in [3.8, 4) is 5.75 Å². The SMILES string of the molecule is Cc1ccc(C2=C(C(=N)N=N)C(=O)N[C@@H](CCc3cccc(OCCCC(F)(F)F)c3)C2)cc1. The van der Waals surface area contributed by atoms with E-state index in [2.05, 4.69) is 10.4 Å². The van der Waals surface area contributed by atoms with Crippen LogP contribution >= 0.6 is 0 Å². The van der Waals surface area contributed by atoms with Gasteiger partial charge in [0.2, 0.25) is 0 Å². The van der Waals surface area contributed by atoms with Crippen molar-refractivity contribution < 1.29 is 22.7 Å². The van der Waals surface area contributed by atoms with Crippen molar-refractivity contribution in [2.45, 2.75) is 51.2 Å². The second kappa shape index (κ2) is 11.1. The fourth-order valence-electron chi connectivity index (χ4n) is 3.89. The average Bonchev–Trinajstić information content (AvgIpc) is 2.80. The maximum Gasteiger partial charge on any atom is 0.389 e. The second-order valence-corrected chi connectivity index (χ2v) is 8.31. The van der Waals surface area contributed by atoms with Crippen LogP contribution in [0.25, 0.3) is 5.57 Å². The van der Waals surface area contributed by atoms with Crippen LogP contribution in [0.15, 0.2) is 59.2 Å². The first kappa shape index (κ1) is 25.1. The molecule has 0 spiro atoms. The smallest absolute Gasteiger partial charge is 0.389 e. The van der Waals surface area contributed by atoms with Crippen LogP contribution in [0.2, 0.25) is 0 Å². The zero-order chi connectivity index (χ0) is 24.7. The summed E-state index contributed by atoms with van der Waals surface area (Å²) in [6, 6.07) is 14.7. The molecule has 3 N–H and O–H groups in total. The first-order valence-corrected chi connectivity index (χ1v) is 11.0. The highest BCUT2D eigenvalue weighted by Crippen LogP contribution is 2.30. The quantitative estimate of drug-likeness (QED) is 0.181. The number of nitrogens with one attached hydrogen (secondary N) is 3. The van der Waals surface area contributed by atoms with Gasteiger partial charge in [-0.2, -0.15) is 13.2 Å². The molecule has 1 heterocycles. The van der Waals surface area contributed by atoms with E-state index in [-0.39, 0.29) is 30.5 Å². The Labute approximate surface area is 196 Å². The first-order valence-electron chi connectivity index (χ1n) is 11.0. The molecule has 1 atom stereocenters. The largest absolute Gasteiger partial charge is 0.494 e. The lowest BCUT2D eigenvalue weighted by Gasteiger charge is -2.28. The van der Waals surface area contributed by atoms with Gasteiger partial charge in [-0.15, -0.1) is 5.11 Å². The summed E-state index contributed by atoms with van der Waals surface area (Å²) in [5.74, 6) is -0.281. The predicted molar refractivity (Wildman–Crippen MR) is 123 cm³/mol. The van der Waals surface area contributed by atoms with Gasteiger partial charge in [-0.3, -0.25) is 10.2 Å². The van der Waals surface area contributed by atoms with Gasteiger partial charge in [-0.25, -0.2) is 5.53 Å². The van der Waals surface area contributed by atoms with Gasteiger partial charge in [-0.05, 0) is 61.4 Å². The van der Waals surface area contributed by atoms with Gasteiger partial charge in [-0.1, -0.05) is 42.0 Å². The molecule has 0 saturated carbocycles. The molecule has 0 fully saturated rings. The monoisotopic (exact) mass is 472 g/mol. The highest BCUT2D eigenvalue weighted by atomic mass is 19.4. The lowest BCUT2D eigenvalue weighted by atomic mass is 9.87. The van der Waals surface area contributed by atoms with Gasteiger partial charge in [0.15, 0.2) is 5.84 Å². The van der Waals surface area contributed by atoms with E-state index in [0.29, 0.717) is 30.6 Å². The molecular weight excluding hydrogens is 445 g/mol. The van der Waals surface area contributed by atoms with E-state index in [4.69, 9.17) is 15.7 Å². The molecule has 3 rings (SSSR count). The molecule has 0 radical (unpaired) electrons. The fourth-order valence-corrected chi connectivity index (χ4v) is 3.89. The third-order valence-corrected chi connectivity index (χ3v) is 5.62. The summed E-state index contributed by atoms with van der Waals surface area (Å²) in [5, 5.41) is 14.0. The molecule has 1 aliphatic rings. The van der Waals surface area contributed by atoms with E-state index in [0.717, 1.165) is 16.7 Å². The molecule has 1 aliphatic heterocycles. The summed E-state index contributed by atoms with van der Waals surface area (Å²) in [4.78, 5) is 12.8. The van der Waals surface area contributed by atoms with Gasteiger partial charge >= 0.3 is 6.18 Å². The number of carbonyl (C=O) groups is 1. The van der Waals surface area contributed by atoms with Crippen molar-refractivity contribution in [2.75, 3.05) is 6.61 Å². The van der Waals surface area contributed by atoms with Crippen LogP contribution in [-0.2, 0) is 11.2 Å². The number of carbonyl (C=O) groups excluding carboxylic acids is 1. The maximum absolute atomic E-state index is 12.8. The van der Waals surface area contributed by atoms with Crippen molar-refractivity contribution in [3.63, 3.8) is 0 Å². The molecule has 34 heavy (non-hydrogen) atoms. The van der Waals surface area contributed by atoms with Gasteiger partial charge in [0, 0.05) is 12.5 Å². The molecule has 1 amide bonds. The minimum absolute atomic E-state index is 0.0118. The lowest BCUT2D eigenvalue weighted by molar-refractivity contribution is -0.136. The topological polar surface area (TPSA) is 98.4 Å². The molecule has 2 aromatic rings. The molecule has 9 heteroatoms. The van der Waals surface area contributed by atoms with Gasteiger partial charge in [0.05, 0.1) is 12.2 Å². The lowest BCUT2D eigenvalue weighted by Crippen LogP contribution is -2.42. The van der Waals surface area contributed by atoms with Crippen molar-refractivity contribution in [2.24, 2.45) is 5.11 Å². The Balaban J connectivity index is 1.66. The number of ether oxygens (including phenoxy) is 1. The molecule has 0 aromatic heterocycles. The summed E-state index contributed by atoms with van der Waals surface area (Å²) in [6.07, 6.45) is -3.42. The number of alkyl halides is 3. The molecule has 0 aliphatic carbocycles. The van der Waals surface area contributed by atoms with Gasteiger partial charge < -0.3 is 10.1 Å². The third-order valence-electron chi connectivity index (χ3n) is 5.62. The number of amides is 1. The first-order chi connectivity index (χ1) is 16.2. The molecule has 180 valence electrons. The van der Waals surface area contributed by atoms with Crippen LogP contribution in [0, 0.1) is 17.9 Å². The van der Waals surface area contributed by atoms with Gasteiger partial charge in [0.25, 0.3) is 5.91 Å². The second-order valence-electron chi connectivity index (χ2n) is 8.31. The number of hydrogen-bond acceptors (Lipinski definition) is 4. The van der Waals surface area contributed by atoms with Crippen LogP contribution in [0.1, 0.15) is 42.4 Å². The summed E-state index contributed by atoms with van der Waals surface area (Å²) in [7, 11) is 0. The van der Waals surface area contributed by atoms with Crippen LogP contribution in [-0.4, -0.2) is 30.6 Å². The van der Waals surface area contributed by atoms with E-state index >= 15 is 0 Å². The standard InChI is InChI=1S/C25H27F3N4O2/c1-16-6-9-18(10-7-16)21-15-19(31-24(33)22(21)23(29)32-30)11-8-17-4-2-5-20(14-17)34-13-3-12-25(26,27)28/h2,4-7,9-10,14,19,29-30H,3,8,11-13,15H2,1H3,(H,31,33)/t19-/m0/s1. The molecular formula is C25H27F3N4O2. The Bertz CT molecular complexity index is 1080. The normalized spacial score (nSPS) is 16.2. The van der Waals surface area contributed by atoms with Crippen LogP contribution in [0.5, 0.6) is 5.75 Å². The Kier molecular flexibility index (Phi) is 8.20. The Morgan fingerprint density at radius 2 is 1.94 bits per heavy atom. The molecule has 0 saturated heterocycles. The van der Waals surface area contributed by atoms with E-state index < -0.39 is 18.5 Å². The molecule has 6 nitrogen and oxygen atoms in total. The average molecular weight is 473 g/mol. The third kappa shape index (κ3) is 7.00. The number of hydrogen-bond donors (Lipinski definition) is 3. The van der Waals surface area contributed by atoms with Crippen molar-refractivity contribution >= 4 is 17.3 Å². The number of amidine groups is 1. The van der Waals surface area contributed by atoms with E-state index in [1.807, 2.05) is 37.3 Å². The summed E-state index contributed by atoms with van der Waals surface area (Å²) in [5.41, 5.74) is 10.8. The maximum atomic E-state index is 12.8. The van der Waals surface area contributed by atoms with E-state index in [1.54, 1.807) is 18.2 Å². The van der Waals surface area contributed by atoms with Crippen LogP contribution < -0.4 is 10.1 Å². The van der Waals surface area contributed by atoms with Crippen molar-refractivity contribution in [1.82, 2.24) is 5.32 Å². The summed E-state index contributed by atoms with van der Waals surface area (Å²) in [6.45, 7) is 1.95. The number of rotatable bonds is 9. The number of nitrogens with zero attached hydrogens (tertiary/aromatic N) is 1. The van der Waals surface area contributed by atoms with E-state index in [1.165, 1.54) is 0 Å². The van der Waals surface area contributed by atoms with Crippen molar-refractivity contribution in [1.29, 1.82) is 10.9 Å². The Hall–Kier alpha value is -3.49. The molecule has 0 bridgehead atoms. The zero-order valence-corrected chi connectivity index (χ0v) is 18.8. The van der Waals surface area contributed by atoms with Crippen molar-refractivity contribution in [3.05, 3.63) is 70.8 Å². The van der Waals surface area contributed by atoms with Crippen LogP contribution in [0.4, 0.5) is 13.2 Å². The highest BCUT2D eigenvalue weighted by Gasteiger charge is 2.30. The highest BCUT2D eigenvalue weighted by molar-refractivity contribution is 6.25. The Morgan fingerprint density at radius 1 is 1.21 bits per heavy atom. The van der Waals surface area contributed by atoms with Gasteiger partial charge in [0.1, 0.15) is 5.75 Å². The Morgan fingerprint density at radius 3 is 2.62 bits per heavy atom. The summed E-state index contributed by atoms with van der Waals surface area (Å²) < 4.78 is 42.3. The number of benzene rings is 2. The van der Waals surface area contributed by atoms with Crippen LogP contribution in [0.3, 0.4) is 0 Å². The number of aryl methyl sites for hydroxylation is 2. The number of halogens is 3. The predicted octanol–water partition coefficient (Wildman–Crippen LogP) is 6.00. The molecule has 2 aromatic carbocycles. The minimum Gasteiger partial charge on any atom is -0.494 e. The molecule has 0 unspecified atom stereocenters. The zero-order valence-electron chi connectivity index (χ0n) is 18.8. The minimum atomic E-state index is -4.19. The van der Waals surface area contributed by atoms with E-state index in [9.17, 15) is 18.0 Å². The fraction of sp³-hybridized carbons (Fsp3) is 0.360. The summed E-state index contributed by atoms with van der Waals surface area (Å²) >= 11 is 0.